The molecule has 1 aliphatic rings. The van der Waals surface area contributed by atoms with E-state index in [0.29, 0.717) is 5.56 Å². The summed E-state index contributed by atoms with van der Waals surface area (Å²) < 4.78 is 5.02. The van der Waals surface area contributed by atoms with Crippen LogP contribution in [0.1, 0.15) is 37.7 Å². The molecule has 122 valence electrons. The lowest BCUT2D eigenvalue weighted by atomic mass is 9.95. The summed E-state index contributed by atoms with van der Waals surface area (Å²) in [5.74, 6) is -0.368. The summed E-state index contributed by atoms with van der Waals surface area (Å²) in [7, 11) is 1.40. The van der Waals surface area contributed by atoms with Crippen LogP contribution in [-0.2, 0) is 4.79 Å². The number of phenolic OH excluding ortho intramolecular Hbond substituents is 1. The smallest absolute Gasteiger partial charge is 0.262 e. The van der Waals surface area contributed by atoms with Crippen LogP contribution in [0, 0.1) is 11.3 Å². The Balaban J connectivity index is 2.19. The number of hydrogen-bond acceptors (Lipinski definition) is 4. The van der Waals surface area contributed by atoms with E-state index in [1.54, 1.807) is 0 Å². The monoisotopic (exact) mass is 334 g/mol. The van der Waals surface area contributed by atoms with E-state index in [9.17, 15) is 15.2 Å². The van der Waals surface area contributed by atoms with Gasteiger partial charge in [-0.2, -0.15) is 5.26 Å². The first kappa shape index (κ1) is 17.2. The largest absolute Gasteiger partial charge is 0.503 e. The Kier molecular flexibility index (Phi) is 5.89. The van der Waals surface area contributed by atoms with Crippen molar-refractivity contribution < 1.29 is 14.6 Å². The van der Waals surface area contributed by atoms with Gasteiger partial charge in [0, 0.05) is 6.04 Å². The Morgan fingerprint density at radius 2 is 2.13 bits per heavy atom. The van der Waals surface area contributed by atoms with Crippen LogP contribution in [0.4, 0.5) is 0 Å². The van der Waals surface area contributed by atoms with E-state index in [2.05, 4.69) is 5.32 Å². The van der Waals surface area contributed by atoms with Gasteiger partial charge < -0.3 is 15.2 Å². The summed E-state index contributed by atoms with van der Waals surface area (Å²) >= 11 is 5.92. The van der Waals surface area contributed by atoms with Gasteiger partial charge in [0.05, 0.1) is 12.1 Å². The zero-order valence-electron chi connectivity index (χ0n) is 12.9. The van der Waals surface area contributed by atoms with Crippen molar-refractivity contribution in [3.05, 3.63) is 28.3 Å². The van der Waals surface area contributed by atoms with E-state index >= 15 is 0 Å². The molecule has 0 saturated heterocycles. The second-order valence-electron chi connectivity index (χ2n) is 5.53. The number of rotatable bonds is 4. The van der Waals surface area contributed by atoms with Gasteiger partial charge in [-0.05, 0) is 36.6 Å². The fourth-order valence-electron chi connectivity index (χ4n) is 2.66. The molecule has 23 heavy (non-hydrogen) atoms. The topological polar surface area (TPSA) is 82.3 Å². The van der Waals surface area contributed by atoms with Gasteiger partial charge in [0.25, 0.3) is 5.91 Å². The normalized spacial score (nSPS) is 15.8. The average Bonchev–Trinajstić information content (AvgIpc) is 2.56. The van der Waals surface area contributed by atoms with Crippen molar-refractivity contribution in [1.82, 2.24) is 5.32 Å². The SMILES string of the molecule is COc1cc(C=C(C#N)C(=O)NC2CCCCC2)cc(Cl)c1O. The molecule has 0 radical (unpaired) electrons. The Morgan fingerprint density at radius 1 is 1.43 bits per heavy atom. The predicted molar refractivity (Wildman–Crippen MR) is 88.3 cm³/mol. The first-order valence-electron chi connectivity index (χ1n) is 7.54. The van der Waals surface area contributed by atoms with E-state index < -0.39 is 0 Å². The van der Waals surface area contributed by atoms with Crippen molar-refractivity contribution in [2.75, 3.05) is 7.11 Å². The Bertz CT molecular complexity index is 659. The number of aromatic hydroxyl groups is 1. The third kappa shape index (κ3) is 4.40. The molecule has 1 fully saturated rings. The highest BCUT2D eigenvalue weighted by Crippen LogP contribution is 2.35. The number of carbonyl (C=O) groups excluding carboxylic acids is 1. The summed E-state index contributed by atoms with van der Waals surface area (Å²) in [6.45, 7) is 0. The molecule has 1 amide bonds. The quantitative estimate of drug-likeness (QED) is 0.653. The van der Waals surface area contributed by atoms with E-state index in [0.717, 1.165) is 25.7 Å². The van der Waals surface area contributed by atoms with Gasteiger partial charge in [-0.3, -0.25) is 4.79 Å². The van der Waals surface area contributed by atoms with Gasteiger partial charge in [-0.1, -0.05) is 30.9 Å². The van der Waals surface area contributed by atoms with Crippen LogP contribution in [0.2, 0.25) is 5.02 Å². The molecule has 0 heterocycles. The molecule has 5 nitrogen and oxygen atoms in total. The van der Waals surface area contributed by atoms with Gasteiger partial charge in [0.15, 0.2) is 11.5 Å². The lowest BCUT2D eigenvalue weighted by Gasteiger charge is -2.22. The Morgan fingerprint density at radius 3 is 2.74 bits per heavy atom. The van der Waals surface area contributed by atoms with Gasteiger partial charge >= 0.3 is 0 Å². The Labute approximate surface area is 140 Å². The number of nitrogens with zero attached hydrogens (tertiary/aromatic N) is 1. The maximum absolute atomic E-state index is 12.2. The van der Waals surface area contributed by atoms with Crippen LogP contribution in [-0.4, -0.2) is 24.2 Å². The minimum atomic E-state index is -0.387. The van der Waals surface area contributed by atoms with Crippen molar-refractivity contribution in [2.24, 2.45) is 0 Å². The van der Waals surface area contributed by atoms with Crippen molar-refractivity contribution in [2.45, 2.75) is 38.1 Å². The van der Waals surface area contributed by atoms with Gasteiger partial charge in [-0.15, -0.1) is 0 Å². The van der Waals surface area contributed by atoms with E-state index in [-0.39, 0.29) is 34.0 Å². The molecule has 1 aliphatic carbocycles. The fraction of sp³-hybridized carbons (Fsp3) is 0.412. The molecule has 1 aromatic carbocycles. The first-order chi connectivity index (χ1) is 11.0. The third-order valence-corrected chi connectivity index (χ3v) is 4.18. The maximum Gasteiger partial charge on any atom is 0.262 e. The fourth-order valence-corrected chi connectivity index (χ4v) is 2.88. The molecule has 0 unspecified atom stereocenters. The van der Waals surface area contributed by atoms with Crippen LogP contribution in [0.3, 0.4) is 0 Å². The summed E-state index contributed by atoms with van der Waals surface area (Å²) in [6, 6.07) is 5.04. The van der Waals surface area contributed by atoms with E-state index in [4.69, 9.17) is 16.3 Å². The summed E-state index contributed by atoms with van der Waals surface area (Å²) in [5.41, 5.74) is 0.513. The van der Waals surface area contributed by atoms with Crippen molar-refractivity contribution in [3.63, 3.8) is 0 Å². The zero-order chi connectivity index (χ0) is 16.8. The first-order valence-corrected chi connectivity index (χ1v) is 7.92. The molecule has 1 aromatic rings. The van der Waals surface area contributed by atoms with Crippen molar-refractivity contribution >= 4 is 23.6 Å². The van der Waals surface area contributed by atoms with E-state index in [1.165, 1.54) is 31.7 Å². The van der Waals surface area contributed by atoms with Gasteiger partial charge in [-0.25, -0.2) is 0 Å². The highest BCUT2D eigenvalue weighted by Gasteiger charge is 2.18. The van der Waals surface area contributed by atoms with Crippen LogP contribution in [0.15, 0.2) is 17.7 Å². The molecule has 0 aromatic heterocycles. The number of hydrogen-bond donors (Lipinski definition) is 2. The van der Waals surface area contributed by atoms with Crippen LogP contribution >= 0.6 is 11.6 Å². The molecule has 1 saturated carbocycles. The molecule has 2 rings (SSSR count). The predicted octanol–water partition coefficient (Wildman–Crippen LogP) is 3.41. The number of phenols is 1. The molecule has 6 heteroatoms. The summed E-state index contributed by atoms with van der Waals surface area (Å²) in [5, 5.41) is 22.0. The standard InChI is InChI=1S/C17H19ClN2O3/c1-23-15-9-11(8-14(18)16(15)21)7-12(10-19)17(22)20-13-5-3-2-4-6-13/h7-9,13,21H,2-6H2,1H3,(H,20,22). The van der Waals surface area contributed by atoms with Crippen molar-refractivity contribution in [3.8, 4) is 17.6 Å². The average molecular weight is 335 g/mol. The molecule has 0 bridgehead atoms. The highest BCUT2D eigenvalue weighted by atomic mass is 35.5. The highest BCUT2D eigenvalue weighted by molar-refractivity contribution is 6.32. The van der Waals surface area contributed by atoms with Crippen molar-refractivity contribution in [1.29, 1.82) is 5.26 Å². The molecular formula is C17H19ClN2O3. The zero-order valence-corrected chi connectivity index (χ0v) is 13.7. The van der Waals surface area contributed by atoms with Gasteiger partial charge in [0.1, 0.15) is 11.6 Å². The number of nitriles is 1. The number of ether oxygens (including phenoxy) is 1. The summed E-state index contributed by atoms with van der Waals surface area (Å²) in [6.07, 6.45) is 6.72. The van der Waals surface area contributed by atoms with Crippen LogP contribution in [0.25, 0.3) is 6.08 Å². The lowest BCUT2D eigenvalue weighted by molar-refractivity contribution is -0.117. The minimum Gasteiger partial charge on any atom is -0.503 e. The molecular weight excluding hydrogens is 316 g/mol. The Hall–Kier alpha value is -2.19. The van der Waals surface area contributed by atoms with Crippen LogP contribution in [0.5, 0.6) is 11.5 Å². The second-order valence-corrected chi connectivity index (χ2v) is 5.94. The van der Waals surface area contributed by atoms with Gasteiger partial charge in [0.2, 0.25) is 0 Å². The number of methoxy groups -OCH3 is 1. The third-order valence-electron chi connectivity index (χ3n) is 3.89. The molecule has 0 aliphatic heterocycles. The number of halogens is 1. The molecule has 0 atom stereocenters. The minimum absolute atomic E-state index is 0.000571. The maximum atomic E-state index is 12.2. The lowest BCUT2D eigenvalue weighted by Crippen LogP contribution is -2.36. The number of amides is 1. The molecule has 2 N–H and O–H groups in total. The number of carbonyl (C=O) groups is 1. The number of nitrogens with one attached hydrogen (secondary N) is 1. The van der Waals surface area contributed by atoms with Crippen LogP contribution < -0.4 is 10.1 Å². The second kappa shape index (κ2) is 7.89. The van der Waals surface area contributed by atoms with E-state index in [1.807, 2.05) is 6.07 Å². The molecule has 0 spiro atoms. The summed E-state index contributed by atoms with van der Waals surface area (Å²) in [4.78, 5) is 12.2. The number of benzene rings is 1.